The highest BCUT2D eigenvalue weighted by Gasteiger charge is 2.44. The van der Waals surface area contributed by atoms with E-state index in [1.807, 2.05) is 11.0 Å². The molecule has 2 saturated heterocycles. The molecule has 2 heterocycles. The largest absolute Gasteiger partial charge is 0.417 e. The van der Waals surface area contributed by atoms with Crippen molar-refractivity contribution in [2.75, 3.05) is 40.3 Å². The Hall–Kier alpha value is -3.48. The summed E-state index contributed by atoms with van der Waals surface area (Å²) in [5, 5.41) is 2.51. The molecule has 1 amide bonds. The number of carbonyl (C=O) groups excluding carboxylic acids is 1. The number of alkyl halides is 6. The van der Waals surface area contributed by atoms with Crippen molar-refractivity contribution in [3.8, 4) is 0 Å². The molecule has 2 aliphatic rings. The fraction of sp³-hybridized carbons (Fsp3) is 0.424. The van der Waals surface area contributed by atoms with Gasteiger partial charge in [-0.05, 0) is 76.1 Å². The monoisotopic (exact) mass is 638 g/mol. The van der Waals surface area contributed by atoms with Crippen LogP contribution in [0.15, 0.2) is 72.8 Å². The minimum atomic E-state index is -5.36. The lowest BCUT2D eigenvalue weighted by Gasteiger charge is -2.42. The van der Waals surface area contributed by atoms with Crippen LogP contribution in [-0.2, 0) is 23.4 Å². The van der Waals surface area contributed by atoms with E-state index in [2.05, 4.69) is 41.5 Å². The number of rotatable bonds is 4. The van der Waals surface area contributed by atoms with Gasteiger partial charge in [-0.3, -0.25) is 4.79 Å². The van der Waals surface area contributed by atoms with Crippen molar-refractivity contribution in [2.45, 2.75) is 49.1 Å². The van der Waals surface area contributed by atoms with Crippen molar-refractivity contribution in [3.05, 3.63) is 106 Å². The van der Waals surface area contributed by atoms with E-state index >= 15 is 0 Å². The van der Waals surface area contributed by atoms with E-state index in [-0.39, 0.29) is 24.2 Å². The number of piperidine rings is 2. The summed E-state index contributed by atoms with van der Waals surface area (Å²) in [4.78, 5) is 17.1. The minimum Gasteiger partial charge on any atom is -0.341 e. The average Bonchev–Trinajstić information content (AvgIpc) is 2.97. The van der Waals surface area contributed by atoms with Crippen LogP contribution in [0.5, 0.6) is 0 Å². The summed E-state index contributed by atoms with van der Waals surface area (Å²) in [7, 11) is 3.91. The summed E-state index contributed by atoms with van der Waals surface area (Å²) in [5.74, 6) is -3.30. The molecule has 2 aliphatic heterocycles. The van der Waals surface area contributed by atoms with Crippen molar-refractivity contribution in [3.63, 3.8) is 0 Å². The van der Waals surface area contributed by atoms with E-state index in [4.69, 9.17) is 5.73 Å². The number of carbonyl (C=O) groups is 1. The Morgan fingerprint density at radius 2 is 1.31 bits per heavy atom. The highest BCUT2D eigenvalue weighted by molar-refractivity contribution is 5.97. The first-order valence-electron chi connectivity index (χ1n) is 14.6. The summed E-state index contributed by atoms with van der Waals surface area (Å²) in [6, 6.07) is 18.6. The smallest absolute Gasteiger partial charge is 0.341 e. The SMILES string of the molecule is CN1CCCC(N)(c2ccccc2)C1.CN1CCCC(NC(=O)c2c(F)cc(C(F)(F)F)cc2C(F)(F)F)(c2ccccc2)C1. The van der Waals surface area contributed by atoms with Crippen LogP contribution < -0.4 is 11.1 Å². The highest BCUT2D eigenvalue weighted by Crippen LogP contribution is 2.39. The van der Waals surface area contributed by atoms with Gasteiger partial charge >= 0.3 is 12.4 Å². The van der Waals surface area contributed by atoms with Crippen LogP contribution in [0.4, 0.5) is 30.7 Å². The van der Waals surface area contributed by atoms with Gasteiger partial charge in [0.05, 0.1) is 27.8 Å². The number of nitrogens with one attached hydrogen (secondary N) is 1. The molecular weight excluding hydrogens is 601 g/mol. The molecule has 5 nitrogen and oxygen atoms in total. The second kappa shape index (κ2) is 13.5. The number of benzene rings is 3. The first-order chi connectivity index (χ1) is 21.0. The zero-order chi connectivity index (χ0) is 33.0. The van der Waals surface area contributed by atoms with Gasteiger partial charge in [-0.1, -0.05) is 60.7 Å². The Bertz CT molecular complexity index is 1450. The number of hydrogen-bond acceptors (Lipinski definition) is 4. The van der Waals surface area contributed by atoms with Crippen molar-refractivity contribution >= 4 is 5.91 Å². The van der Waals surface area contributed by atoms with E-state index in [0.29, 0.717) is 24.9 Å². The van der Waals surface area contributed by atoms with Gasteiger partial charge in [-0.25, -0.2) is 4.39 Å². The summed E-state index contributed by atoms with van der Waals surface area (Å²) in [6.45, 7) is 3.07. The van der Waals surface area contributed by atoms with Gasteiger partial charge in [0.15, 0.2) is 0 Å². The van der Waals surface area contributed by atoms with E-state index in [0.717, 1.165) is 13.0 Å². The number of likely N-dealkylation sites (tertiary alicyclic amines) is 2. The summed E-state index contributed by atoms with van der Waals surface area (Å²) < 4.78 is 93.8. The summed E-state index contributed by atoms with van der Waals surface area (Å²) >= 11 is 0. The average molecular weight is 639 g/mol. The van der Waals surface area contributed by atoms with Gasteiger partial charge < -0.3 is 20.9 Å². The Balaban J connectivity index is 0.000000273. The van der Waals surface area contributed by atoms with Crippen LogP contribution >= 0.6 is 0 Å². The molecule has 0 spiro atoms. The minimum absolute atomic E-state index is 0.0909. The third-order valence-electron chi connectivity index (χ3n) is 8.38. The molecule has 3 N–H and O–H groups in total. The number of likely N-dealkylation sites (N-methyl/N-ethyl adjacent to an activating group) is 2. The van der Waals surface area contributed by atoms with Crippen LogP contribution in [0.3, 0.4) is 0 Å². The molecule has 0 radical (unpaired) electrons. The van der Waals surface area contributed by atoms with Crippen LogP contribution in [-0.4, -0.2) is 56.0 Å². The molecule has 0 aliphatic carbocycles. The van der Waals surface area contributed by atoms with E-state index < -0.39 is 46.3 Å². The van der Waals surface area contributed by atoms with Gasteiger partial charge in [0.1, 0.15) is 5.82 Å². The fourth-order valence-electron chi connectivity index (χ4n) is 6.25. The quantitative estimate of drug-likeness (QED) is 0.310. The van der Waals surface area contributed by atoms with E-state index in [9.17, 15) is 35.5 Å². The molecule has 5 rings (SSSR count). The van der Waals surface area contributed by atoms with Crippen molar-refractivity contribution in [1.29, 1.82) is 0 Å². The van der Waals surface area contributed by atoms with E-state index in [1.54, 1.807) is 37.4 Å². The second-order valence-corrected chi connectivity index (χ2v) is 12.0. The topological polar surface area (TPSA) is 61.6 Å². The van der Waals surface area contributed by atoms with Gasteiger partial charge in [0.2, 0.25) is 0 Å². The molecule has 2 atom stereocenters. The Morgan fingerprint density at radius 1 is 0.778 bits per heavy atom. The summed E-state index contributed by atoms with van der Waals surface area (Å²) in [5.41, 5.74) is 1.82. The van der Waals surface area contributed by atoms with Crippen molar-refractivity contribution in [1.82, 2.24) is 15.1 Å². The second-order valence-electron chi connectivity index (χ2n) is 12.0. The van der Waals surface area contributed by atoms with Crippen LogP contribution in [0, 0.1) is 5.82 Å². The zero-order valence-electron chi connectivity index (χ0n) is 25.1. The van der Waals surface area contributed by atoms with Crippen molar-refractivity contribution < 1.29 is 35.5 Å². The third kappa shape index (κ3) is 8.22. The lowest BCUT2D eigenvalue weighted by molar-refractivity contribution is -0.143. The number of nitrogens with zero attached hydrogens (tertiary/aromatic N) is 2. The molecule has 0 saturated carbocycles. The molecule has 2 fully saturated rings. The van der Waals surface area contributed by atoms with Crippen molar-refractivity contribution in [2.24, 2.45) is 5.73 Å². The molecular formula is C33H37F7N4O. The molecule has 244 valence electrons. The molecule has 3 aromatic rings. The molecule has 45 heavy (non-hydrogen) atoms. The number of nitrogens with two attached hydrogens (primary N) is 1. The Morgan fingerprint density at radius 3 is 1.82 bits per heavy atom. The Kier molecular flexibility index (Phi) is 10.3. The number of hydrogen-bond donors (Lipinski definition) is 2. The first kappa shape index (κ1) is 34.4. The standard InChI is InChI=1S/C21H19F7N2O.C12H18N2/c1-30-9-5-8-19(12-30,13-6-3-2-4-7-13)29-18(31)17-15(21(26,27)28)10-14(11-16(17)22)20(23,24)25;1-14-9-5-8-12(13,10-14)11-6-3-2-4-7-11/h2-4,6-7,10-11H,5,8-9,12H2,1H3,(H,29,31);2-4,6-7H,5,8-10,13H2,1H3. The molecule has 0 bridgehead atoms. The van der Waals surface area contributed by atoms with Crippen LogP contribution in [0.1, 0.15) is 58.3 Å². The summed E-state index contributed by atoms with van der Waals surface area (Å²) in [6.07, 6.45) is -7.29. The van der Waals surface area contributed by atoms with Gasteiger partial charge in [-0.15, -0.1) is 0 Å². The number of amides is 1. The van der Waals surface area contributed by atoms with Gasteiger partial charge in [0.25, 0.3) is 5.91 Å². The highest BCUT2D eigenvalue weighted by atomic mass is 19.4. The molecule has 0 aromatic heterocycles. The van der Waals surface area contributed by atoms with E-state index in [1.165, 1.54) is 18.5 Å². The lowest BCUT2D eigenvalue weighted by atomic mass is 9.82. The molecule has 3 aromatic carbocycles. The number of halogens is 7. The maximum atomic E-state index is 14.5. The predicted octanol–water partition coefficient (Wildman–Crippen LogP) is 6.78. The third-order valence-corrected chi connectivity index (χ3v) is 8.38. The maximum absolute atomic E-state index is 14.5. The molecule has 12 heteroatoms. The predicted molar refractivity (Wildman–Crippen MR) is 158 cm³/mol. The van der Waals surface area contributed by atoms with Gasteiger partial charge in [-0.2, -0.15) is 26.3 Å². The van der Waals surface area contributed by atoms with Gasteiger partial charge in [0, 0.05) is 13.1 Å². The lowest BCUT2D eigenvalue weighted by Crippen LogP contribution is -2.55. The zero-order valence-corrected chi connectivity index (χ0v) is 25.1. The first-order valence-corrected chi connectivity index (χ1v) is 14.6. The van der Waals surface area contributed by atoms with Crippen LogP contribution in [0.25, 0.3) is 0 Å². The Labute approximate surface area is 258 Å². The maximum Gasteiger partial charge on any atom is 0.417 e. The van der Waals surface area contributed by atoms with Crippen LogP contribution in [0.2, 0.25) is 0 Å². The normalized spacial score (nSPS) is 23.2. The fourth-order valence-corrected chi connectivity index (χ4v) is 6.25. The molecule has 2 unspecified atom stereocenters.